The lowest BCUT2D eigenvalue weighted by atomic mass is 10.0. The van der Waals surface area contributed by atoms with Gasteiger partial charge in [-0.2, -0.15) is 0 Å². The smallest absolute Gasteiger partial charge is 0.391 e. The van der Waals surface area contributed by atoms with Crippen LogP contribution in [0, 0.1) is 0 Å². The van der Waals surface area contributed by atoms with E-state index in [1.807, 2.05) is 0 Å². The molecule has 0 radical (unpaired) electrons. The predicted octanol–water partition coefficient (Wildman–Crippen LogP) is 13.6. The number of carbonyl (C=O) groups is 1. The number of rotatable bonds is 45. The highest BCUT2D eigenvalue weighted by Crippen LogP contribution is 2.43. The number of aliphatic hydroxyl groups excluding tert-OH is 1. The Bertz CT molecular complexity index is 875. The number of amides is 1. The zero-order valence-electron chi connectivity index (χ0n) is 36.4. The Hall–Kier alpha value is -0.760. The summed E-state index contributed by atoms with van der Waals surface area (Å²) in [6.45, 7) is 4.23. The first-order chi connectivity index (χ1) is 26.9. The van der Waals surface area contributed by atoms with Gasteiger partial charge in [-0.25, -0.2) is 4.57 Å². The second-order valence-electron chi connectivity index (χ2n) is 16.3. The van der Waals surface area contributed by atoms with Crippen LogP contribution in [-0.4, -0.2) is 47.8 Å². The van der Waals surface area contributed by atoms with Crippen LogP contribution in [0.4, 0.5) is 0 Å². The summed E-state index contributed by atoms with van der Waals surface area (Å²) in [4.78, 5) is 22.8. The molecule has 328 valence electrons. The predicted molar refractivity (Wildman–Crippen MR) is 235 cm³/mol. The molecule has 3 atom stereocenters. The molecule has 1 amide bonds. The van der Waals surface area contributed by atoms with Crippen molar-refractivity contribution in [3.63, 3.8) is 0 Å². The summed E-state index contributed by atoms with van der Waals surface area (Å²) in [5, 5.41) is 13.8. The van der Waals surface area contributed by atoms with Gasteiger partial charge in [0.25, 0.3) is 0 Å². The average molecular weight is 801 g/mol. The van der Waals surface area contributed by atoms with E-state index in [0.717, 1.165) is 38.5 Å². The Morgan fingerprint density at radius 1 is 0.582 bits per heavy atom. The molecule has 3 unspecified atom stereocenters. The van der Waals surface area contributed by atoms with Crippen molar-refractivity contribution in [2.75, 3.05) is 19.8 Å². The molecule has 0 aliphatic heterocycles. The van der Waals surface area contributed by atoms with Crippen LogP contribution in [0.3, 0.4) is 0 Å². The van der Waals surface area contributed by atoms with Crippen molar-refractivity contribution >= 4 is 13.7 Å². The Balaban J connectivity index is 4.01. The number of phosphoric acid groups is 1. The van der Waals surface area contributed by atoms with Crippen LogP contribution in [0.5, 0.6) is 0 Å². The van der Waals surface area contributed by atoms with Crippen LogP contribution >= 0.6 is 7.82 Å². The summed E-state index contributed by atoms with van der Waals surface area (Å²) in [7, 11) is -4.31. The van der Waals surface area contributed by atoms with Gasteiger partial charge in [-0.15, -0.1) is 0 Å². The van der Waals surface area contributed by atoms with Crippen molar-refractivity contribution in [2.24, 2.45) is 5.73 Å². The van der Waals surface area contributed by atoms with Crippen molar-refractivity contribution < 1.29 is 28.4 Å². The summed E-state index contributed by atoms with van der Waals surface area (Å²) < 4.78 is 22.2. The molecule has 0 aromatic heterocycles. The van der Waals surface area contributed by atoms with Gasteiger partial charge in [0.05, 0.1) is 25.4 Å². The van der Waals surface area contributed by atoms with Gasteiger partial charge in [0.1, 0.15) is 0 Å². The molecule has 0 fully saturated rings. The van der Waals surface area contributed by atoms with Gasteiger partial charge >= 0.3 is 7.82 Å². The van der Waals surface area contributed by atoms with E-state index >= 15 is 0 Å². The molecule has 9 heteroatoms. The first-order valence-electron chi connectivity index (χ1n) is 23.8. The van der Waals surface area contributed by atoms with Crippen LogP contribution in [-0.2, 0) is 18.4 Å². The van der Waals surface area contributed by atoms with Crippen molar-refractivity contribution in [1.82, 2.24) is 5.32 Å². The van der Waals surface area contributed by atoms with Crippen LogP contribution in [0.2, 0.25) is 0 Å². The minimum Gasteiger partial charge on any atom is -0.391 e. The normalized spacial score (nSPS) is 14.1. The number of carbonyl (C=O) groups excluding carboxylic acids is 1. The lowest BCUT2D eigenvalue weighted by Crippen LogP contribution is -2.46. The lowest BCUT2D eigenvalue weighted by Gasteiger charge is -2.25. The summed E-state index contributed by atoms with van der Waals surface area (Å²) in [5.41, 5.74) is 5.38. The number of unbranched alkanes of at least 4 members (excludes halogenated alkanes) is 31. The molecule has 55 heavy (non-hydrogen) atoms. The van der Waals surface area contributed by atoms with Crippen LogP contribution < -0.4 is 11.1 Å². The van der Waals surface area contributed by atoms with E-state index in [4.69, 9.17) is 14.8 Å². The molecular weight excluding hydrogens is 707 g/mol. The SMILES string of the molecule is CCCCCCCCCC/C=C\CCCCCCCCCCCCCC(=O)NC(COP(=O)(O)OCCN)C(O)CCCCCCCCCCCCCCC. The number of allylic oxidation sites excluding steroid dienone is 2. The molecule has 0 aromatic carbocycles. The Morgan fingerprint density at radius 2 is 0.945 bits per heavy atom. The fourth-order valence-electron chi connectivity index (χ4n) is 7.25. The fraction of sp³-hybridized carbons (Fsp3) is 0.935. The molecule has 0 spiro atoms. The van der Waals surface area contributed by atoms with Crippen molar-refractivity contribution in [3.05, 3.63) is 12.2 Å². The molecule has 0 aromatic rings. The van der Waals surface area contributed by atoms with Gasteiger partial charge in [0.15, 0.2) is 0 Å². The fourth-order valence-corrected chi connectivity index (χ4v) is 8.01. The zero-order valence-corrected chi connectivity index (χ0v) is 37.3. The van der Waals surface area contributed by atoms with Gasteiger partial charge in [-0.1, -0.05) is 212 Å². The maximum atomic E-state index is 12.8. The molecule has 0 aliphatic rings. The Kier molecular flexibility index (Phi) is 42.2. The van der Waals surface area contributed by atoms with E-state index in [2.05, 4.69) is 31.3 Å². The topological polar surface area (TPSA) is 131 Å². The largest absolute Gasteiger partial charge is 0.472 e. The Labute approximate surface area is 341 Å². The number of nitrogens with one attached hydrogen (secondary N) is 1. The minimum absolute atomic E-state index is 0.0908. The second kappa shape index (κ2) is 42.8. The summed E-state index contributed by atoms with van der Waals surface area (Å²) in [6, 6.07) is -0.771. The van der Waals surface area contributed by atoms with E-state index in [1.54, 1.807) is 0 Å². The van der Waals surface area contributed by atoms with Gasteiger partial charge in [-0.3, -0.25) is 13.8 Å². The molecule has 0 bridgehead atoms. The van der Waals surface area contributed by atoms with E-state index in [1.165, 1.54) is 180 Å². The number of nitrogens with two attached hydrogens (primary N) is 1. The van der Waals surface area contributed by atoms with Gasteiger partial charge in [-0.05, 0) is 38.5 Å². The highest BCUT2D eigenvalue weighted by atomic mass is 31.2. The van der Waals surface area contributed by atoms with Crippen molar-refractivity contribution in [3.8, 4) is 0 Å². The van der Waals surface area contributed by atoms with Gasteiger partial charge in [0, 0.05) is 13.0 Å². The summed E-state index contributed by atoms with van der Waals surface area (Å²) in [6.07, 6.45) is 48.0. The van der Waals surface area contributed by atoms with Crippen molar-refractivity contribution in [1.29, 1.82) is 0 Å². The number of hydrogen-bond acceptors (Lipinski definition) is 6. The van der Waals surface area contributed by atoms with Crippen molar-refractivity contribution in [2.45, 2.75) is 257 Å². The number of aliphatic hydroxyl groups is 1. The van der Waals surface area contributed by atoms with E-state index in [0.29, 0.717) is 12.8 Å². The molecule has 8 nitrogen and oxygen atoms in total. The lowest BCUT2D eigenvalue weighted by molar-refractivity contribution is -0.123. The Morgan fingerprint density at radius 3 is 1.35 bits per heavy atom. The zero-order chi connectivity index (χ0) is 40.3. The molecule has 5 N–H and O–H groups in total. The third-order valence-electron chi connectivity index (χ3n) is 10.9. The molecule has 0 saturated heterocycles. The maximum absolute atomic E-state index is 12.8. The molecule has 0 saturated carbocycles. The average Bonchev–Trinajstić information content (AvgIpc) is 3.17. The highest BCUT2D eigenvalue weighted by Gasteiger charge is 2.27. The number of hydrogen-bond donors (Lipinski definition) is 4. The minimum atomic E-state index is -4.31. The highest BCUT2D eigenvalue weighted by molar-refractivity contribution is 7.47. The third-order valence-corrected chi connectivity index (χ3v) is 11.9. The van der Waals surface area contributed by atoms with Crippen LogP contribution in [0.1, 0.15) is 245 Å². The summed E-state index contributed by atoms with van der Waals surface area (Å²) >= 11 is 0. The van der Waals surface area contributed by atoms with E-state index < -0.39 is 20.0 Å². The van der Waals surface area contributed by atoms with Gasteiger partial charge < -0.3 is 21.1 Å². The van der Waals surface area contributed by atoms with Crippen LogP contribution in [0.25, 0.3) is 0 Å². The molecule has 0 rings (SSSR count). The molecule has 0 heterocycles. The van der Waals surface area contributed by atoms with Crippen LogP contribution in [0.15, 0.2) is 12.2 Å². The maximum Gasteiger partial charge on any atom is 0.472 e. The summed E-state index contributed by atoms with van der Waals surface area (Å²) in [5.74, 6) is -0.160. The monoisotopic (exact) mass is 801 g/mol. The standard InChI is InChI=1S/C46H93N2O6P/c1-3-5-7-9-11-13-15-17-18-19-20-21-22-23-24-25-26-28-30-32-34-36-38-40-46(50)48-44(43-54-55(51,52)53-42-41-47)45(49)39-37-35-33-31-29-27-16-14-12-10-8-6-4-2/h19-20,44-45,49H,3-18,21-43,47H2,1-2H3,(H,48,50)(H,51,52)/b20-19-. The van der Waals surface area contributed by atoms with E-state index in [9.17, 15) is 19.4 Å². The number of phosphoric ester groups is 1. The first-order valence-corrected chi connectivity index (χ1v) is 25.3. The molecular formula is C46H93N2O6P. The second-order valence-corrected chi connectivity index (χ2v) is 17.8. The third kappa shape index (κ3) is 41.2. The van der Waals surface area contributed by atoms with Gasteiger partial charge in [0.2, 0.25) is 5.91 Å². The molecule has 0 aliphatic carbocycles. The quantitative estimate of drug-likeness (QED) is 0.0274. The van der Waals surface area contributed by atoms with E-state index in [-0.39, 0.29) is 25.7 Å². The first kappa shape index (κ1) is 54.2.